The van der Waals surface area contributed by atoms with Gasteiger partial charge in [-0.2, -0.15) is 5.26 Å². The van der Waals surface area contributed by atoms with E-state index in [1.54, 1.807) is 0 Å². The lowest BCUT2D eigenvalue weighted by atomic mass is 10.0. The van der Waals surface area contributed by atoms with E-state index in [0.717, 1.165) is 50.3 Å². The van der Waals surface area contributed by atoms with Gasteiger partial charge in [0.1, 0.15) is 0 Å². The van der Waals surface area contributed by atoms with Crippen LogP contribution in [0.15, 0.2) is 72.8 Å². The number of halogens is 1. The number of rotatable bonds is 7. The Morgan fingerprint density at radius 1 is 1.06 bits per heavy atom. The second-order valence-electron chi connectivity index (χ2n) is 7.57. The Kier molecular flexibility index (Phi) is 10.8. The van der Waals surface area contributed by atoms with E-state index in [1.165, 1.54) is 11.3 Å². The first kappa shape index (κ1) is 25.5. The topological polar surface area (TPSA) is 30.3 Å². The van der Waals surface area contributed by atoms with Crippen molar-refractivity contribution in [2.24, 2.45) is 0 Å². The Labute approximate surface area is 198 Å². The molecular weight excluding hydrogens is 414 g/mol. The zero-order chi connectivity index (χ0) is 23.3. The molecule has 0 atom stereocenters. The Morgan fingerprint density at radius 2 is 1.72 bits per heavy atom. The number of anilines is 1. The molecule has 2 aromatic carbocycles. The molecule has 4 heteroatoms. The summed E-state index contributed by atoms with van der Waals surface area (Å²) >= 11 is 6.25. The number of hydrogen-bond acceptors (Lipinski definition) is 3. The Morgan fingerprint density at radius 3 is 2.31 bits per heavy atom. The van der Waals surface area contributed by atoms with Crippen LogP contribution >= 0.6 is 11.6 Å². The van der Waals surface area contributed by atoms with Crippen LogP contribution in [-0.2, 0) is 0 Å². The smallest absolute Gasteiger partial charge is 0.0998 e. The Hall–Kier alpha value is -2.80. The monoisotopic (exact) mass is 447 g/mol. The van der Waals surface area contributed by atoms with E-state index in [4.69, 9.17) is 11.6 Å². The fourth-order valence-electron chi connectivity index (χ4n) is 3.65. The van der Waals surface area contributed by atoms with Crippen molar-refractivity contribution >= 4 is 28.9 Å². The lowest BCUT2D eigenvalue weighted by Crippen LogP contribution is -2.46. The maximum Gasteiger partial charge on any atom is 0.0998 e. The molecule has 0 aliphatic carbocycles. The molecule has 1 fully saturated rings. The van der Waals surface area contributed by atoms with Gasteiger partial charge < -0.3 is 4.90 Å². The highest BCUT2D eigenvalue weighted by molar-refractivity contribution is 6.32. The summed E-state index contributed by atoms with van der Waals surface area (Å²) in [6.07, 6.45) is 6.94. The summed E-state index contributed by atoms with van der Waals surface area (Å²) in [5.74, 6) is 0. The van der Waals surface area contributed by atoms with Gasteiger partial charge in [0.25, 0.3) is 0 Å². The van der Waals surface area contributed by atoms with E-state index in [9.17, 15) is 5.26 Å². The molecule has 1 saturated heterocycles. The van der Waals surface area contributed by atoms with Crippen molar-refractivity contribution in [3.8, 4) is 6.07 Å². The van der Waals surface area contributed by atoms with Crippen molar-refractivity contribution in [1.29, 1.82) is 5.26 Å². The minimum atomic E-state index is 0.572. The van der Waals surface area contributed by atoms with E-state index in [-0.39, 0.29) is 0 Å². The number of nitriles is 1. The highest BCUT2D eigenvalue weighted by Gasteiger charge is 2.17. The van der Waals surface area contributed by atoms with Crippen molar-refractivity contribution in [2.75, 3.05) is 37.6 Å². The summed E-state index contributed by atoms with van der Waals surface area (Å²) in [6, 6.07) is 18.1. The maximum atomic E-state index is 9.56. The number of benzene rings is 2. The van der Waals surface area contributed by atoms with Gasteiger partial charge in [0.2, 0.25) is 0 Å². The Balaban J connectivity index is 0.00000176. The molecule has 0 amide bonds. The number of hydrogen-bond donors (Lipinski definition) is 0. The van der Waals surface area contributed by atoms with Gasteiger partial charge in [0.05, 0.1) is 11.6 Å². The molecule has 3 nitrogen and oxygen atoms in total. The van der Waals surface area contributed by atoms with Crippen molar-refractivity contribution in [1.82, 2.24) is 4.90 Å². The van der Waals surface area contributed by atoms with Crippen molar-refractivity contribution in [3.05, 3.63) is 89.0 Å². The standard InChI is InChI=1S/C26H28ClN3.C2H6/c1-3-6-21(2)13-14-29-15-17-30(18-16-29)24-11-9-22(10-12-24)19-23(20-28)25-7-4-5-8-26(25)27;1-2/h3-12,19H,1,13-18H2,2H3;1-2H3/b21-6+,23-19+;. The third kappa shape index (κ3) is 7.41. The predicted molar refractivity (Wildman–Crippen MR) is 140 cm³/mol. The first-order valence-corrected chi connectivity index (χ1v) is 11.7. The first-order valence-electron chi connectivity index (χ1n) is 11.3. The molecule has 0 N–H and O–H groups in total. The molecule has 1 heterocycles. The summed E-state index contributed by atoms with van der Waals surface area (Å²) in [4.78, 5) is 4.95. The summed E-state index contributed by atoms with van der Waals surface area (Å²) in [5, 5.41) is 10.2. The average Bonchev–Trinajstić information content (AvgIpc) is 2.84. The SMILES string of the molecule is C=C/C=C(\C)CCN1CCN(c2ccc(/C=C(\C#N)c3ccccc3Cl)cc2)CC1.CC. The lowest BCUT2D eigenvalue weighted by molar-refractivity contribution is 0.261. The zero-order valence-corrected chi connectivity index (χ0v) is 20.3. The molecule has 1 aliphatic rings. The van der Waals surface area contributed by atoms with Crippen LogP contribution in [0, 0.1) is 11.3 Å². The summed E-state index contributed by atoms with van der Waals surface area (Å²) in [6.45, 7) is 15.2. The second-order valence-corrected chi connectivity index (χ2v) is 7.98. The molecule has 32 heavy (non-hydrogen) atoms. The predicted octanol–water partition coefficient (Wildman–Crippen LogP) is 7.07. The van der Waals surface area contributed by atoms with Crippen LogP contribution in [0.5, 0.6) is 0 Å². The van der Waals surface area contributed by atoms with E-state index in [0.29, 0.717) is 10.6 Å². The molecule has 0 aromatic heterocycles. The molecule has 3 rings (SSSR count). The third-order valence-electron chi connectivity index (χ3n) is 5.45. The highest BCUT2D eigenvalue weighted by atomic mass is 35.5. The van der Waals surface area contributed by atoms with Gasteiger partial charge in [-0.25, -0.2) is 0 Å². The molecular formula is C28H34ClN3. The van der Waals surface area contributed by atoms with Crippen LogP contribution in [0.25, 0.3) is 11.6 Å². The molecule has 0 bridgehead atoms. The summed E-state index contributed by atoms with van der Waals surface area (Å²) in [7, 11) is 0. The Bertz CT molecular complexity index is 959. The van der Waals surface area contributed by atoms with Gasteiger partial charge >= 0.3 is 0 Å². The fraction of sp³-hybridized carbons (Fsp3) is 0.321. The van der Waals surface area contributed by atoms with Crippen LogP contribution in [0.4, 0.5) is 5.69 Å². The van der Waals surface area contributed by atoms with E-state index >= 15 is 0 Å². The molecule has 2 aromatic rings. The van der Waals surface area contributed by atoms with Gasteiger partial charge in [-0.15, -0.1) is 0 Å². The number of allylic oxidation sites excluding steroid dienone is 3. The van der Waals surface area contributed by atoms with Gasteiger partial charge in [0, 0.05) is 49.0 Å². The third-order valence-corrected chi connectivity index (χ3v) is 5.78. The maximum absolute atomic E-state index is 9.56. The average molecular weight is 448 g/mol. The summed E-state index contributed by atoms with van der Waals surface area (Å²) in [5.41, 5.74) is 4.94. The van der Waals surface area contributed by atoms with Crippen LogP contribution < -0.4 is 4.90 Å². The molecule has 1 aliphatic heterocycles. The van der Waals surface area contributed by atoms with E-state index in [2.05, 4.69) is 59.7 Å². The highest BCUT2D eigenvalue weighted by Crippen LogP contribution is 2.26. The lowest BCUT2D eigenvalue weighted by Gasteiger charge is -2.36. The quantitative estimate of drug-likeness (QED) is 0.258. The number of piperazine rings is 1. The van der Waals surface area contributed by atoms with Gasteiger partial charge in [-0.05, 0) is 43.2 Å². The van der Waals surface area contributed by atoms with E-state index < -0.39 is 0 Å². The molecule has 0 saturated carbocycles. The molecule has 168 valence electrons. The summed E-state index contributed by atoms with van der Waals surface area (Å²) < 4.78 is 0. The largest absolute Gasteiger partial charge is 0.369 e. The zero-order valence-electron chi connectivity index (χ0n) is 19.5. The fourth-order valence-corrected chi connectivity index (χ4v) is 3.88. The molecule has 0 radical (unpaired) electrons. The first-order chi connectivity index (χ1) is 15.6. The second kappa shape index (κ2) is 13.6. The minimum Gasteiger partial charge on any atom is -0.369 e. The normalized spacial score (nSPS) is 14.9. The van der Waals surface area contributed by atoms with Crippen LogP contribution in [-0.4, -0.2) is 37.6 Å². The van der Waals surface area contributed by atoms with Crippen molar-refractivity contribution in [2.45, 2.75) is 27.2 Å². The molecule has 0 unspecified atom stereocenters. The van der Waals surface area contributed by atoms with Crippen LogP contribution in [0.3, 0.4) is 0 Å². The minimum absolute atomic E-state index is 0.572. The van der Waals surface area contributed by atoms with Crippen LogP contribution in [0.1, 0.15) is 38.3 Å². The van der Waals surface area contributed by atoms with Gasteiger partial charge in [-0.3, -0.25) is 4.90 Å². The van der Waals surface area contributed by atoms with E-state index in [1.807, 2.05) is 50.3 Å². The van der Waals surface area contributed by atoms with Crippen molar-refractivity contribution in [3.63, 3.8) is 0 Å². The molecule has 0 spiro atoms. The van der Waals surface area contributed by atoms with Gasteiger partial charge in [0.15, 0.2) is 0 Å². The van der Waals surface area contributed by atoms with Crippen LogP contribution in [0.2, 0.25) is 5.02 Å². The number of nitrogens with zero attached hydrogens (tertiary/aromatic N) is 3. The van der Waals surface area contributed by atoms with Crippen molar-refractivity contribution < 1.29 is 0 Å². The van der Waals surface area contributed by atoms with Gasteiger partial charge in [-0.1, -0.05) is 80.1 Å².